The minimum atomic E-state index is -0.389. The third-order valence-corrected chi connectivity index (χ3v) is 5.68. The molecule has 0 spiro atoms. The number of ether oxygens (including phenoxy) is 1. The summed E-state index contributed by atoms with van der Waals surface area (Å²) in [6.07, 6.45) is 0.0947. The van der Waals surface area contributed by atoms with E-state index in [0.717, 1.165) is 5.56 Å². The zero-order valence-electron chi connectivity index (χ0n) is 14.7. The molecule has 0 bridgehead atoms. The van der Waals surface area contributed by atoms with Gasteiger partial charge in [-0.25, -0.2) is 14.2 Å². The standard InChI is InChI=1S/C19H17FN2O3S2/c1-3-25-19(24)17-11(2)7-16(27-17)22-15(23)9-14-10-26-18(21-14)12-5-4-6-13(20)8-12/h4-8,10H,3,9H2,1-2H3,(H,22,23). The van der Waals surface area contributed by atoms with Gasteiger partial charge in [0.25, 0.3) is 0 Å². The van der Waals surface area contributed by atoms with Crippen molar-refractivity contribution in [3.8, 4) is 10.6 Å². The Labute approximate surface area is 163 Å². The van der Waals surface area contributed by atoms with Crippen molar-refractivity contribution in [3.63, 3.8) is 0 Å². The Bertz CT molecular complexity index is 981. The molecule has 140 valence electrons. The maximum absolute atomic E-state index is 13.3. The van der Waals surface area contributed by atoms with Gasteiger partial charge in [-0.1, -0.05) is 12.1 Å². The first-order valence-electron chi connectivity index (χ1n) is 8.24. The summed E-state index contributed by atoms with van der Waals surface area (Å²) in [5.41, 5.74) is 2.05. The second kappa shape index (κ2) is 8.41. The molecule has 0 unspecified atom stereocenters. The number of anilines is 1. The van der Waals surface area contributed by atoms with Gasteiger partial charge in [-0.15, -0.1) is 22.7 Å². The highest BCUT2D eigenvalue weighted by Crippen LogP contribution is 2.28. The first-order chi connectivity index (χ1) is 13.0. The highest BCUT2D eigenvalue weighted by atomic mass is 32.1. The summed E-state index contributed by atoms with van der Waals surface area (Å²) in [6, 6.07) is 7.93. The molecule has 0 fully saturated rings. The second-order valence-corrected chi connectivity index (χ2v) is 7.63. The van der Waals surface area contributed by atoms with Crippen LogP contribution in [0.1, 0.15) is 27.9 Å². The van der Waals surface area contributed by atoms with Crippen LogP contribution in [-0.4, -0.2) is 23.5 Å². The molecule has 1 aromatic carbocycles. The van der Waals surface area contributed by atoms with Gasteiger partial charge in [0.1, 0.15) is 15.7 Å². The monoisotopic (exact) mass is 404 g/mol. The largest absolute Gasteiger partial charge is 0.462 e. The molecular weight excluding hydrogens is 387 g/mol. The SMILES string of the molecule is CCOC(=O)c1sc(NC(=O)Cc2csc(-c3cccc(F)c3)n2)cc1C. The van der Waals surface area contributed by atoms with E-state index in [2.05, 4.69) is 10.3 Å². The minimum absolute atomic E-state index is 0.0947. The molecule has 2 aromatic heterocycles. The molecular formula is C19H17FN2O3S2. The van der Waals surface area contributed by atoms with Gasteiger partial charge >= 0.3 is 5.97 Å². The smallest absolute Gasteiger partial charge is 0.348 e. The second-order valence-electron chi connectivity index (χ2n) is 5.72. The van der Waals surface area contributed by atoms with E-state index in [1.54, 1.807) is 37.4 Å². The molecule has 1 amide bonds. The molecule has 0 atom stereocenters. The molecule has 0 saturated carbocycles. The number of hydrogen-bond acceptors (Lipinski definition) is 6. The molecule has 3 rings (SSSR count). The number of thiazole rings is 1. The minimum Gasteiger partial charge on any atom is -0.462 e. The van der Waals surface area contributed by atoms with Gasteiger partial charge in [0, 0.05) is 10.9 Å². The summed E-state index contributed by atoms with van der Waals surface area (Å²) < 4.78 is 18.3. The Balaban J connectivity index is 1.65. The number of halogens is 1. The van der Waals surface area contributed by atoms with E-state index in [4.69, 9.17) is 4.74 Å². The Morgan fingerprint density at radius 3 is 2.85 bits per heavy atom. The van der Waals surface area contributed by atoms with E-state index < -0.39 is 0 Å². The topological polar surface area (TPSA) is 68.3 Å². The summed E-state index contributed by atoms with van der Waals surface area (Å²) in [5.74, 6) is -0.949. The van der Waals surface area contributed by atoms with Crippen LogP contribution in [0.25, 0.3) is 10.6 Å². The maximum atomic E-state index is 13.3. The van der Waals surface area contributed by atoms with E-state index in [1.165, 1.54) is 34.8 Å². The van der Waals surface area contributed by atoms with Crippen LogP contribution in [0.2, 0.25) is 0 Å². The highest BCUT2D eigenvalue weighted by molar-refractivity contribution is 7.18. The van der Waals surface area contributed by atoms with E-state index >= 15 is 0 Å². The lowest BCUT2D eigenvalue weighted by atomic mass is 10.2. The Kier molecular flexibility index (Phi) is 5.98. The predicted octanol–water partition coefficient (Wildman–Crippen LogP) is 4.68. The van der Waals surface area contributed by atoms with Crippen molar-refractivity contribution >= 4 is 39.6 Å². The Morgan fingerprint density at radius 1 is 1.30 bits per heavy atom. The van der Waals surface area contributed by atoms with Gasteiger partial charge in [-0.05, 0) is 37.6 Å². The fourth-order valence-corrected chi connectivity index (χ4v) is 4.23. The zero-order chi connectivity index (χ0) is 19.4. The number of aromatic nitrogens is 1. The van der Waals surface area contributed by atoms with Crippen LogP contribution in [0.15, 0.2) is 35.7 Å². The average molecular weight is 404 g/mol. The average Bonchev–Trinajstić information content (AvgIpc) is 3.21. The summed E-state index contributed by atoms with van der Waals surface area (Å²) >= 11 is 2.54. The number of esters is 1. The van der Waals surface area contributed by atoms with Crippen LogP contribution in [0.3, 0.4) is 0 Å². The lowest BCUT2D eigenvalue weighted by Gasteiger charge is -2.01. The first kappa shape index (κ1) is 19.2. The summed E-state index contributed by atoms with van der Waals surface area (Å²) in [6.45, 7) is 3.84. The van der Waals surface area contributed by atoms with Crippen LogP contribution >= 0.6 is 22.7 Å². The number of nitrogens with zero attached hydrogens (tertiary/aromatic N) is 1. The van der Waals surface area contributed by atoms with Crippen molar-refractivity contribution in [2.75, 3.05) is 11.9 Å². The molecule has 0 radical (unpaired) electrons. The normalized spacial score (nSPS) is 10.6. The van der Waals surface area contributed by atoms with Crippen LogP contribution in [0.4, 0.5) is 9.39 Å². The van der Waals surface area contributed by atoms with E-state index in [1.807, 2.05) is 0 Å². The molecule has 1 N–H and O–H groups in total. The fourth-order valence-electron chi connectivity index (χ4n) is 2.43. The Hall–Kier alpha value is -2.58. The van der Waals surface area contributed by atoms with Crippen LogP contribution in [0, 0.1) is 12.7 Å². The van der Waals surface area contributed by atoms with Gasteiger partial charge in [-0.2, -0.15) is 0 Å². The Morgan fingerprint density at radius 2 is 2.11 bits per heavy atom. The number of carbonyl (C=O) groups is 2. The summed E-state index contributed by atoms with van der Waals surface area (Å²) in [4.78, 5) is 29.0. The van der Waals surface area contributed by atoms with Crippen molar-refractivity contribution in [2.24, 2.45) is 0 Å². The number of benzene rings is 1. The van der Waals surface area contributed by atoms with Crippen molar-refractivity contribution < 1.29 is 18.7 Å². The molecule has 0 aliphatic carbocycles. The highest BCUT2D eigenvalue weighted by Gasteiger charge is 2.16. The van der Waals surface area contributed by atoms with Crippen molar-refractivity contribution in [1.82, 2.24) is 4.98 Å². The van der Waals surface area contributed by atoms with E-state index in [9.17, 15) is 14.0 Å². The third-order valence-electron chi connectivity index (χ3n) is 3.61. The van der Waals surface area contributed by atoms with Gasteiger partial charge in [-0.3, -0.25) is 4.79 Å². The van der Waals surface area contributed by atoms with E-state index in [-0.39, 0.29) is 24.1 Å². The van der Waals surface area contributed by atoms with E-state index in [0.29, 0.717) is 32.8 Å². The van der Waals surface area contributed by atoms with Crippen LogP contribution in [-0.2, 0) is 16.0 Å². The lowest BCUT2D eigenvalue weighted by Crippen LogP contribution is -2.13. The number of nitrogens with one attached hydrogen (secondary N) is 1. The molecule has 2 heterocycles. The lowest BCUT2D eigenvalue weighted by molar-refractivity contribution is -0.115. The molecule has 0 saturated heterocycles. The third kappa shape index (κ3) is 4.78. The fraction of sp³-hybridized carbons (Fsp3) is 0.211. The molecule has 8 heteroatoms. The van der Waals surface area contributed by atoms with Gasteiger partial charge < -0.3 is 10.1 Å². The number of amides is 1. The van der Waals surface area contributed by atoms with Gasteiger partial charge in [0.2, 0.25) is 5.91 Å². The number of carbonyl (C=O) groups excluding carboxylic acids is 2. The zero-order valence-corrected chi connectivity index (χ0v) is 16.4. The maximum Gasteiger partial charge on any atom is 0.348 e. The quantitative estimate of drug-likeness (QED) is 0.606. The van der Waals surface area contributed by atoms with Gasteiger partial charge in [0.05, 0.1) is 23.7 Å². The van der Waals surface area contributed by atoms with Crippen molar-refractivity contribution in [3.05, 3.63) is 57.7 Å². The van der Waals surface area contributed by atoms with Crippen molar-refractivity contribution in [2.45, 2.75) is 20.3 Å². The summed E-state index contributed by atoms with van der Waals surface area (Å²) in [7, 11) is 0. The van der Waals surface area contributed by atoms with Crippen LogP contribution in [0.5, 0.6) is 0 Å². The molecule has 0 aliphatic rings. The number of hydrogen-bond donors (Lipinski definition) is 1. The molecule has 5 nitrogen and oxygen atoms in total. The first-order valence-corrected chi connectivity index (χ1v) is 9.93. The van der Waals surface area contributed by atoms with Crippen LogP contribution < -0.4 is 5.32 Å². The molecule has 27 heavy (non-hydrogen) atoms. The molecule has 0 aliphatic heterocycles. The predicted molar refractivity (Wildman–Crippen MR) is 105 cm³/mol. The number of aryl methyl sites for hydroxylation is 1. The number of thiophene rings is 1. The molecule has 3 aromatic rings. The summed E-state index contributed by atoms with van der Waals surface area (Å²) in [5, 5.41) is 5.81. The van der Waals surface area contributed by atoms with Crippen molar-refractivity contribution in [1.29, 1.82) is 0 Å². The van der Waals surface area contributed by atoms with Gasteiger partial charge in [0.15, 0.2) is 0 Å². The number of rotatable bonds is 6.